The summed E-state index contributed by atoms with van der Waals surface area (Å²) in [5, 5.41) is 4.69. The number of epoxide rings is 1. The number of hydrogen-bond donors (Lipinski definition) is 0. The van der Waals surface area contributed by atoms with Gasteiger partial charge in [-0.05, 0) is 48.6 Å². The molecule has 3 aliphatic rings. The van der Waals surface area contributed by atoms with Crippen LogP contribution in [0.3, 0.4) is 0 Å². The Labute approximate surface area is 88.1 Å². The topological polar surface area (TPSA) is 12.5 Å². The van der Waals surface area contributed by atoms with Gasteiger partial charge >= 0.3 is 0 Å². The summed E-state index contributed by atoms with van der Waals surface area (Å²) < 4.78 is 6.09. The molecule has 1 aromatic heterocycles. The van der Waals surface area contributed by atoms with Crippen molar-refractivity contribution in [2.45, 2.75) is 49.7 Å². The zero-order valence-corrected chi connectivity index (χ0v) is 9.36. The van der Waals surface area contributed by atoms with Crippen LogP contribution in [0.2, 0.25) is 0 Å². The van der Waals surface area contributed by atoms with Crippen LogP contribution in [0.1, 0.15) is 49.7 Å². The second-order valence-electron chi connectivity index (χ2n) is 5.37. The van der Waals surface area contributed by atoms with Gasteiger partial charge in [-0.3, -0.25) is 0 Å². The molecule has 1 saturated carbocycles. The fraction of sp³-hybridized carbons (Fsp3) is 0.667. The Hall–Kier alpha value is -0.340. The number of fused-ring (bicyclic) bond motifs is 3. The van der Waals surface area contributed by atoms with Crippen LogP contribution in [-0.4, -0.2) is 11.2 Å². The Balaban J connectivity index is 1.93. The highest BCUT2D eigenvalue weighted by atomic mass is 32.1. The highest BCUT2D eigenvalue weighted by Gasteiger charge is 2.77. The minimum absolute atomic E-state index is 0.134. The monoisotopic (exact) mass is 206 g/mol. The molecule has 2 aliphatic carbocycles. The normalized spacial score (nSPS) is 45.9. The van der Waals surface area contributed by atoms with Crippen LogP contribution < -0.4 is 0 Å². The van der Waals surface area contributed by atoms with Gasteiger partial charge in [0.2, 0.25) is 0 Å². The summed E-state index contributed by atoms with van der Waals surface area (Å²) in [4.78, 5) is 0. The Morgan fingerprint density at radius 2 is 1.71 bits per heavy atom. The smallest absolute Gasteiger partial charge is 0.111 e. The first kappa shape index (κ1) is 7.89. The van der Waals surface area contributed by atoms with Gasteiger partial charge in [-0.15, -0.1) is 0 Å². The lowest BCUT2D eigenvalue weighted by atomic mass is 9.85. The van der Waals surface area contributed by atoms with E-state index in [1.807, 2.05) is 11.3 Å². The molecule has 2 bridgehead atoms. The van der Waals surface area contributed by atoms with Gasteiger partial charge in [0.15, 0.2) is 0 Å². The maximum absolute atomic E-state index is 6.09. The van der Waals surface area contributed by atoms with Crippen molar-refractivity contribution in [2.75, 3.05) is 0 Å². The summed E-state index contributed by atoms with van der Waals surface area (Å²) in [7, 11) is 0. The van der Waals surface area contributed by atoms with Crippen LogP contribution in [-0.2, 0) is 4.74 Å². The summed E-state index contributed by atoms with van der Waals surface area (Å²) in [6.45, 7) is 4.52. The molecule has 2 heterocycles. The van der Waals surface area contributed by atoms with Crippen molar-refractivity contribution in [1.29, 1.82) is 0 Å². The molecule has 0 amide bonds. The molecule has 0 radical (unpaired) electrons. The fourth-order valence-corrected chi connectivity index (χ4v) is 5.00. The molecule has 74 valence electrons. The van der Waals surface area contributed by atoms with E-state index in [2.05, 4.69) is 24.6 Å². The van der Waals surface area contributed by atoms with E-state index in [-0.39, 0.29) is 11.2 Å². The average Bonchev–Trinajstić information content (AvgIpc) is 2.59. The van der Waals surface area contributed by atoms with E-state index in [0.29, 0.717) is 11.8 Å². The van der Waals surface area contributed by atoms with Crippen LogP contribution >= 0.6 is 11.3 Å². The highest BCUT2D eigenvalue weighted by molar-refractivity contribution is 7.08. The summed E-state index contributed by atoms with van der Waals surface area (Å²) in [6.07, 6.45) is 2.69. The van der Waals surface area contributed by atoms with Gasteiger partial charge in [0.05, 0.1) is 5.60 Å². The first-order chi connectivity index (χ1) is 6.67. The number of thiophene rings is 1. The van der Waals surface area contributed by atoms with E-state index in [9.17, 15) is 0 Å². The van der Waals surface area contributed by atoms with Crippen LogP contribution in [0.15, 0.2) is 10.8 Å². The number of rotatable bonds is 0. The Bertz CT molecular complexity index is 391. The summed E-state index contributed by atoms with van der Waals surface area (Å²) in [5.74, 6) is 1.42. The molecule has 0 N–H and O–H groups in total. The van der Waals surface area contributed by atoms with Gasteiger partial charge in [0.25, 0.3) is 0 Å². The van der Waals surface area contributed by atoms with Crippen molar-refractivity contribution in [3.8, 4) is 0 Å². The molecule has 1 spiro atoms. The van der Waals surface area contributed by atoms with Crippen LogP contribution in [0.4, 0.5) is 0 Å². The molecule has 0 aromatic carbocycles. The molecule has 2 atom stereocenters. The van der Waals surface area contributed by atoms with Crippen molar-refractivity contribution in [1.82, 2.24) is 0 Å². The standard InChI is InChI=1S/C12H14OS/c1-11(2)12(13-11)9-3-4-10(12)8-6-14-5-7(8)9/h5-6,9-10H,3-4H2,1-2H3. The van der Waals surface area contributed by atoms with Crippen LogP contribution in [0.25, 0.3) is 0 Å². The molecule has 2 fully saturated rings. The Morgan fingerprint density at radius 3 is 2.14 bits per heavy atom. The van der Waals surface area contributed by atoms with Crippen molar-refractivity contribution in [3.05, 3.63) is 21.9 Å². The number of hydrogen-bond acceptors (Lipinski definition) is 2. The van der Waals surface area contributed by atoms with Crippen molar-refractivity contribution < 1.29 is 4.74 Å². The first-order valence-electron chi connectivity index (χ1n) is 5.43. The quantitative estimate of drug-likeness (QED) is 0.593. The molecule has 1 nitrogen and oxygen atoms in total. The predicted octanol–water partition coefficient (Wildman–Crippen LogP) is 3.27. The highest BCUT2D eigenvalue weighted by Crippen LogP contribution is 2.74. The van der Waals surface area contributed by atoms with E-state index in [1.165, 1.54) is 12.8 Å². The minimum Gasteiger partial charge on any atom is -0.362 e. The lowest BCUT2D eigenvalue weighted by Gasteiger charge is -2.13. The van der Waals surface area contributed by atoms with E-state index in [1.54, 1.807) is 11.1 Å². The maximum Gasteiger partial charge on any atom is 0.111 e. The van der Waals surface area contributed by atoms with E-state index in [4.69, 9.17) is 4.74 Å². The van der Waals surface area contributed by atoms with Crippen molar-refractivity contribution in [3.63, 3.8) is 0 Å². The fourth-order valence-electron chi connectivity index (χ4n) is 4.04. The molecular weight excluding hydrogens is 192 g/mol. The molecule has 2 unspecified atom stereocenters. The molecule has 14 heavy (non-hydrogen) atoms. The van der Waals surface area contributed by atoms with Gasteiger partial charge < -0.3 is 4.74 Å². The van der Waals surface area contributed by atoms with Crippen molar-refractivity contribution >= 4 is 11.3 Å². The largest absolute Gasteiger partial charge is 0.362 e. The van der Waals surface area contributed by atoms with Crippen molar-refractivity contribution in [2.24, 2.45) is 0 Å². The van der Waals surface area contributed by atoms with E-state index < -0.39 is 0 Å². The van der Waals surface area contributed by atoms with Gasteiger partial charge in [-0.25, -0.2) is 0 Å². The molecule has 1 aromatic rings. The lowest BCUT2D eigenvalue weighted by molar-refractivity contribution is 0.260. The lowest BCUT2D eigenvalue weighted by Crippen LogP contribution is -2.23. The third kappa shape index (κ3) is 0.583. The summed E-state index contributed by atoms with van der Waals surface area (Å²) in [5.41, 5.74) is 3.56. The number of ether oxygens (including phenoxy) is 1. The molecule has 1 aliphatic heterocycles. The molecule has 4 rings (SSSR count). The van der Waals surface area contributed by atoms with Gasteiger partial charge in [0, 0.05) is 11.8 Å². The molecular formula is C12H14OS. The van der Waals surface area contributed by atoms with Crippen LogP contribution in [0, 0.1) is 0 Å². The average molecular weight is 206 g/mol. The van der Waals surface area contributed by atoms with E-state index >= 15 is 0 Å². The zero-order valence-electron chi connectivity index (χ0n) is 8.54. The van der Waals surface area contributed by atoms with Gasteiger partial charge in [0.1, 0.15) is 5.60 Å². The Morgan fingerprint density at radius 1 is 1.21 bits per heavy atom. The first-order valence-corrected chi connectivity index (χ1v) is 6.37. The van der Waals surface area contributed by atoms with Crippen LogP contribution in [0.5, 0.6) is 0 Å². The third-order valence-corrected chi connectivity index (χ3v) is 5.36. The predicted molar refractivity (Wildman–Crippen MR) is 56.9 cm³/mol. The maximum atomic E-state index is 6.09. The SMILES string of the molecule is CC1(C)OC12C1CCC2c2cscc21. The molecule has 2 heteroatoms. The second kappa shape index (κ2) is 1.96. The van der Waals surface area contributed by atoms with Gasteiger partial charge in [-0.2, -0.15) is 11.3 Å². The second-order valence-corrected chi connectivity index (χ2v) is 6.11. The molecule has 1 saturated heterocycles. The summed E-state index contributed by atoms with van der Waals surface area (Å²) >= 11 is 1.86. The third-order valence-electron chi connectivity index (χ3n) is 4.58. The van der Waals surface area contributed by atoms with Gasteiger partial charge in [-0.1, -0.05) is 0 Å². The summed E-state index contributed by atoms with van der Waals surface area (Å²) in [6, 6.07) is 0. The van der Waals surface area contributed by atoms with E-state index in [0.717, 1.165) is 0 Å². The minimum atomic E-state index is 0.134. The Kier molecular flexibility index (Phi) is 1.10. The zero-order chi connectivity index (χ0) is 9.55.